The van der Waals surface area contributed by atoms with Gasteiger partial charge in [-0.05, 0) is 31.2 Å². The van der Waals surface area contributed by atoms with Crippen LogP contribution in [0.3, 0.4) is 0 Å². The summed E-state index contributed by atoms with van der Waals surface area (Å²) in [4.78, 5) is 40.3. The fourth-order valence-corrected chi connectivity index (χ4v) is 2.40. The number of nitrogens with zero attached hydrogens (tertiary/aromatic N) is 3. The maximum atomic E-state index is 12.9. The number of nitro benzene ring substituents is 1. The molecule has 8 nitrogen and oxygen atoms in total. The van der Waals surface area contributed by atoms with E-state index in [1.54, 1.807) is 25.1 Å². The molecule has 1 amide bonds. The van der Waals surface area contributed by atoms with Crippen molar-refractivity contribution in [2.45, 2.75) is 13.3 Å². The van der Waals surface area contributed by atoms with Crippen LogP contribution < -0.4 is 4.90 Å². The predicted molar refractivity (Wildman–Crippen MR) is 95.3 cm³/mol. The molecule has 0 aliphatic carbocycles. The van der Waals surface area contributed by atoms with Gasteiger partial charge in [0.1, 0.15) is 10.8 Å². The number of rotatable bonds is 7. The highest BCUT2D eigenvalue weighted by Gasteiger charge is 2.23. The molecule has 26 heavy (non-hydrogen) atoms. The molecular weight excluding hydrogens is 362 g/mol. The second kappa shape index (κ2) is 8.91. The third-order valence-electron chi connectivity index (χ3n) is 3.41. The molecule has 0 fully saturated rings. The SMILES string of the molecule is CCOC(=O)CCN(C(=O)c1ccc(Cl)c([N+](=O)[O-])c1)c1ccccn1. The largest absolute Gasteiger partial charge is 0.466 e. The summed E-state index contributed by atoms with van der Waals surface area (Å²) >= 11 is 5.79. The molecule has 9 heteroatoms. The van der Waals surface area contributed by atoms with E-state index in [0.29, 0.717) is 5.82 Å². The van der Waals surface area contributed by atoms with Gasteiger partial charge in [0, 0.05) is 24.4 Å². The Balaban J connectivity index is 2.32. The van der Waals surface area contributed by atoms with Crippen molar-refractivity contribution in [3.05, 3.63) is 63.3 Å². The van der Waals surface area contributed by atoms with E-state index in [-0.39, 0.29) is 35.8 Å². The zero-order valence-electron chi connectivity index (χ0n) is 13.9. The Morgan fingerprint density at radius 3 is 2.69 bits per heavy atom. The fourth-order valence-electron chi connectivity index (χ4n) is 2.21. The van der Waals surface area contributed by atoms with Crippen LogP contribution in [-0.2, 0) is 9.53 Å². The Morgan fingerprint density at radius 2 is 2.08 bits per heavy atom. The number of nitro groups is 1. The van der Waals surface area contributed by atoms with E-state index < -0.39 is 16.8 Å². The topological polar surface area (TPSA) is 103 Å². The van der Waals surface area contributed by atoms with E-state index in [2.05, 4.69) is 4.98 Å². The third-order valence-corrected chi connectivity index (χ3v) is 3.73. The number of ether oxygens (including phenoxy) is 1. The van der Waals surface area contributed by atoms with Gasteiger partial charge in [0.25, 0.3) is 11.6 Å². The van der Waals surface area contributed by atoms with Crippen LogP contribution in [0.1, 0.15) is 23.7 Å². The minimum atomic E-state index is -0.664. The van der Waals surface area contributed by atoms with Gasteiger partial charge < -0.3 is 4.74 Å². The number of hydrogen-bond acceptors (Lipinski definition) is 6. The average Bonchev–Trinajstić information content (AvgIpc) is 2.63. The smallest absolute Gasteiger partial charge is 0.307 e. The summed E-state index contributed by atoms with van der Waals surface area (Å²) in [5.41, 5.74) is -0.306. The second-order valence-corrected chi connectivity index (χ2v) is 5.53. The summed E-state index contributed by atoms with van der Waals surface area (Å²) in [6.45, 7) is 1.94. The van der Waals surface area contributed by atoms with E-state index in [9.17, 15) is 19.7 Å². The summed E-state index contributed by atoms with van der Waals surface area (Å²) in [5.74, 6) is -0.671. The summed E-state index contributed by atoms with van der Waals surface area (Å²) in [5, 5.41) is 11.0. The van der Waals surface area contributed by atoms with Gasteiger partial charge in [-0.1, -0.05) is 17.7 Å². The summed E-state index contributed by atoms with van der Waals surface area (Å²) in [6, 6.07) is 8.76. The van der Waals surface area contributed by atoms with Crippen molar-refractivity contribution >= 4 is 35.0 Å². The normalized spacial score (nSPS) is 10.2. The number of carbonyl (C=O) groups is 2. The number of benzene rings is 1. The molecule has 0 radical (unpaired) electrons. The monoisotopic (exact) mass is 377 g/mol. The first-order valence-corrected chi connectivity index (χ1v) is 8.14. The van der Waals surface area contributed by atoms with Gasteiger partial charge in [-0.25, -0.2) is 4.98 Å². The fraction of sp³-hybridized carbons (Fsp3) is 0.235. The molecule has 0 spiro atoms. The average molecular weight is 378 g/mol. The first-order chi connectivity index (χ1) is 12.4. The van der Waals surface area contributed by atoms with Crippen molar-refractivity contribution in [2.75, 3.05) is 18.1 Å². The number of amides is 1. The molecule has 2 rings (SSSR count). The maximum absolute atomic E-state index is 12.9. The Hall–Kier alpha value is -3.00. The molecule has 0 bridgehead atoms. The molecule has 0 saturated heterocycles. The zero-order chi connectivity index (χ0) is 19.1. The lowest BCUT2D eigenvalue weighted by Crippen LogP contribution is -2.34. The first-order valence-electron chi connectivity index (χ1n) is 7.76. The number of pyridine rings is 1. The van der Waals surface area contributed by atoms with Crippen LogP contribution in [0.25, 0.3) is 0 Å². The van der Waals surface area contributed by atoms with Gasteiger partial charge in [-0.15, -0.1) is 0 Å². The molecule has 0 N–H and O–H groups in total. The lowest BCUT2D eigenvalue weighted by atomic mass is 10.1. The van der Waals surface area contributed by atoms with Crippen LogP contribution in [0.2, 0.25) is 5.02 Å². The van der Waals surface area contributed by atoms with Crippen molar-refractivity contribution in [1.82, 2.24) is 4.98 Å². The van der Waals surface area contributed by atoms with Gasteiger partial charge >= 0.3 is 5.97 Å². The van der Waals surface area contributed by atoms with Crippen LogP contribution in [0.15, 0.2) is 42.6 Å². The van der Waals surface area contributed by atoms with Crippen LogP contribution >= 0.6 is 11.6 Å². The van der Waals surface area contributed by atoms with Crippen LogP contribution in [-0.4, -0.2) is 34.9 Å². The molecule has 2 aromatic rings. The Kier molecular flexibility index (Phi) is 6.62. The van der Waals surface area contributed by atoms with E-state index in [4.69, 9.17) is 16.3 Å². The summed E-state index contributed by atoms with van der Waals surface area (Å²) in [6.07, 6.45) is 1.47. The van der Waals surface area contributed by atoms with Gasteiger partial charge in [-0.3, -0.25) is 24.6 Å². The Labute approximate surface area is 154 Å². The van der Waals surface area contributed by atoms with Gasteiger partial charge in [0.05, 0.1) is 18.0 Å². The molecule has 0 saturated carbocycles. The van der Waals surface area contributed by atoms with Crippen LogP contribution in [0.4, 0.5) is 11.5 Å². The molecule has 1 aromatic heterocycles. The van der Waals surface area contributed by atoms with E-state index in [0.717, 1.165) is 6.07 Å². The number of anilines is 1. The van der Waals surface area contributed by atoms with Gasteiger partial charge in [-0.2, -0.15) is 0 Å². The molecule has 0 aliphatic rings. The first kappa shape index (κ1) is 19.3. The molecule has 1 heterocycles. The highest BCUT2D eigenvalue weighted by Crippen LogP contribution is 2.26. The summed E-state index contributed by atoms with van der Waals surface area (Å²) < 4.78 is 4.88. The minimum Gasteiger partial charge on any atom is -0.466 e. The number of carbonyl (C=O) groups excluding carboxylic acids is 2. The number of esters is 1. The van der Waals surface area contributed by atoms with Crippen molar-refractivity contribution in [3.63, 3.8) is 0 Å². The highest BCUT2D eigenvalue weighted by molar-refractivity contribution is 6.32. The lowest BCUT2D eigenvalue weighted by Gasteiger charge is -2.21. The third kappa shape index (κ3) is 4.76. The molecule has 136 valence electrons. The second-order valence-electron chi connectivity index (χ2n) is 5.12. The maximum Gasteiger partial charge on any atom is 0.307 e. The molecule has 0 atom stereocenters. The summed E-state index contributed by atoms with van der Waals surface area (Å²) in [7, 11) is 0. The quantitative estimate of drug-likeness (QED) is 0.417. The van der Waals surface area contributed by atoms with Crippen molar-refractivity contribution in [3.8, 4) is 0 Å². The number of hydrogen-bond donors (Lipinski definition) is 0. The van der Waals surface area contributed by atoms with Crippen molar-refractivity contribution < 1.29 is 19.2 Å². The van der Waals surface area contributed by atoms with Gasteiger partial charge in [0.15, 0.2) is 0 Å². The minimum absolute atomic E-state index is 0.0190. The van der Waals surface area contributed by atoms with E-state index in [1.165, 1.54) is 23.2 Å². The van der Waals surface area contributed by atoms with Crippen LogP contribution in [0, 0.1) is 10.1 Å². The lowest BCUT2D eigenvalue weighted by molar-refractivity contribution is -0.384. The predicted octanol–water partition coefficient (Wildman–Crippen LogP) is 3.24. The molecular formula is C17H16ClN3O5. The molecule has 0 aliphatic heterocycles. The molecule has 1 aromatic carbocycles. The standard InChI is InChI=1S/C17H16ClN3O5/c1-2-26-16(22)8-10-20(15-5-3-4-9-19-15)17(23)12-6-7-13(18)14(11-12)21(24)25/h3-7,9,11H,2,8,10H2,1H3. The van der Waals surface area contributed by atoms with E-state index in [1.807, 2.05) is 0 Å². The highest BCUT2D eigenvalue weighted by atomic mass is 35.5. The number of aromatic nitrogens is 1. The Morgan fingerprint density at radius 1 is 1.31 bits per heavy atom. The van der Waals surface area contributed by atoms with Crippen molar-refractivity contribution in [2.24, 2.45) is 0 Å². The van der Waals surface area contributed by atoms with Crippen LogP contribution in [0.5, 0.6) is 0 Å². The van der Waals surface area contributed by atoms with Crippen molar-refractivity contribution in [1.29, 1.82) is 0 Å². The Bertz CT molecular complexity index is 813. The zero-order valence-corrected chi connectivity index (χ0v) is 14.7. The molecule has 0 unspecified atom stereocenters. The van der Waals surface area contributed by atoms with Gasteiger partial charge in [0.2, 0.25) is 0 Å². The number of halogens is 1. The van der Waals surface area contributed by atoms with E-state index >= 15 is 0 Å².